The Morgan fingerprint density at radius 1 is 0.333 bits per heavy atom. The number of anilines is 3. The summed E-state index contributed by atoms with van der Waals surface area (Å²) in [6.45, 7) is 4.79. The summed E-state index contributed by atoms with van der Waals surface area (Å²) in [7, 11) is 0. The molecule has 12 aromatic rings. The Morgan fingerprint density at radius 3 is 1.58 bits per heavy atom. The summed E-state index contributed by atoms with van der Waals surface area (Å²) in [5.41, 5.74) is 24.2. The molecule has 0 amide bonds. The molecule has 2 aliphatic rings. The quantitative estimate of drug-likeness (QED) is 0.151. The van der Waals surface area contributed by atoms with Crippen LogP contribution in [0.1, 0.15) is 47.2 Å². The third-order valence-corrected chi connectivity index (χ3v) is 15.8. The zero-order valence-electron chi connectivity index (χ0n) is 40.2. The first-order valence-electron chi connectivity index (χ1n) is 25.1. The van der Waals surface area contributed by atoms with Gasteiger partial charge in [-0.25, -0.2) is 0 Å². The predicted molar refractivity (Wildman–Crippen MR) is 300 cm³/mol. The Hall–Kier alpha value is -8.98. The average molecular weight is 920 g/mol. The van der Waals surface area contributed by atoms with E-state index >= 15 is 0 Å². The number of furan rings is 1. The van der Waals surface area contributed by atoms with Gasteiger partial charge in [0.1, 0.15) is 11.2 Å². The Balaban J connectivity index is 0.942. The van der Waals surface area contributed by atoms with Crippen molar-refractivity contribution >= 4 is 39.0 Å². The highest BCUT2D eigenvalue weighted by Crippen LogP contribution is 2.60. The van der Waals surface area contributed by atoms with Crippen LogP contribution in [-0.4, -0.2) is 0 Å². The van der Waals surface area contributed by atoms with Crippen LogP contribution in [-0.2, 0) is 10.8 Å². The molecule has 0 aliphatic heterocycles. The standard InChI is InChI=1S/C70H49NO/c1-69(2)63-44-50(48-34-32-47(33-35-48)46-18-6-3-7-19-46)38-42-56(63)57-43-41-54(45-64(57)69)71(53-39-36-49(37-40-53)55-26-16-27-59-58-24-13-15-31-66(58)72-68(55)59)65-30-17-29-62-67(65)60-25-12-14-28-61(60)70(62,51-20-8-4-9-21-51)52-22-10-5-11-23-52/h3-45H,1-2H3. The van der Waals surface area contributed by atoms with E-state index < -0.39 is 5.41 Å². The molecule has 0 unspecified atom stereocenters. The molecule has 0 N–H and O–H groups in total. The van der Waals surface area contributed by atoms with E-state index in [0.717, 1.165) is 50.1 Å². The van der Waals surface area contributed by atoms with Gasteiger partial charge in [-0.3, -0.25) is 0 Å². The monoisotopic (exact) mass is 919 g/mol. The molecule has 14 rings (SSSR count). The average Bonchev–Trinajstić information content (AvgIpc) is 4.06. The van der Waals surface area contributed by atoms with Gasteiger partial charge in [0.15, 0.2) is 0 Å². The Labute approximate surface area is 420 Å². The fourth-order valence-corrected chi connectivity index (χ4v) is 12.4. The van der Waals surface area contributed by atoms with E-state index in [0.29, 0.717) is 0 Å². The van der Waals surface area contributed by atoms with E-state index in [1.54, 1.807) is 0 Å². The SMILES string of the molecule is CC1(C)c2cc(-c3ccc(-c4ccccc4)cc3)ccc2-c2ccc(N(c3ccc(-c4cccc5c4oc4ccccc45)cc3)c3cccc4c3-c3ccccc3C4(c3ccccc3)c3ccccc3)cc21. The molecule has 0 saturated heterocycles. The van der Waals surface area contributed by atoms with Crippen LogP contribution in [0.5, 0.6) is 0 Å². The lowest BCUT2D eigenvalue weighted by Gasteiger charge is -2.34. The third kappa shape index (κ3) is 6.28. The van der Waals surface area contributed by atoms with Crippen LogP contribution < -0.4 is 4.90 Å². The normalized spacial score (nSPS) is 13.6. The minimum Gasteiger partial charge on any atom is -0.455 e. The van der Waals surface area contributed by atoms with E-state index in [1.165, 1.54) is 77.9 Å². The first-order valence-corrected chi connectivity index (χ1v) is 25.1. The smallest absolute Gasteiger partial charge is 0.143 e. The molecule has 0 spiro atoms. The molecule has 2 aliphatic carbocycles. The molecule has 2 nitrogen and oxygen atoms in total. The molecule has 0 bridgehead atoms. The zero-order valence-corrected chi connectivity index (χ0v) is 40.2. The lowest BCUT2D eigenvalue weighted by Crippen LogP contribution is -2.28. The summed E-state index contributed by atoms with van der Waals surface area (Å²) >= 11 is 0. The Morgan fingerprint density at radius 2 is 0.847 bits per heavy atom. The molecular weight excluding hydrogens is 871 g/mol. The van der Waals surface area contributed by atoms with Gasteiger partial charge < -0.3 is 9.32 Å². The van der Waals surface area contributed by atoms with Gasteiger partial charge in [0, 0.05) is 38.7 Å². The molecule has 72 heavy (non-hydrogen) atoms. The van der Waals surface area contributed by atoms with E-state index in [1.807, 2.05) is 6.07 Å². The van der Waals surface area contributed by atoms with Gasteiger partial charge >= 0.3 is 0 Å². The van der Waals surface area contributed by atoms with Gasteiger partial charge in [0.2, 0.25) is 0 Å². The molecule has 1 heterocycles. The molecular formula is C70H49NO. The fraction of sp³-hybridized carbons (Fsp3) is 0.0571. The number of nitrogens with zero attached hydrogens (tertiary/aromatic N) is 1. The summed E-state index contributed by atoms with van der Waals surface area (Å²) in [5, 5.41) is 2.26. The van der Waals surface area contributed by atoms with Crippen molar-refractivity contribution in [1.29, 1.82) is 0 Å². The van der Waals surface area contributed by atoms with Gasteiger partial charge in [0.05, 0.1) is 11.1 Å². The second-order valence-corrected chi connectivity index (χ2v) is 19.9. The van der Waals surface area contributed by atoms with Crippen molar-refractivity contribution in [2.75, 3.05) is 4.90 Å². The molecule has 1 aromatic heterocycles. The molecule has 11 aromatic carbocycles. The van der Waals surface area contributed by atoms with Gasteiger partial charge in [0.25, 0.3) is 0 Å². The molecule has 0 fully saturated rings. The molecule has 340 valence electrons. The van der Waals surface area contributed by atoms with Crippen molar-refractivity contribution in [1.82, 2.24) is 0 Å². The van der Waals surface area contributed by atoms with Crippen molar-refractivity contribution in [2.24, 2.45) is 0 Å². The van der Waals surface area contributed by atoms with Crippen LogP contribution in [0.4, 0.5) is 17.1 Å². The summed E-state index contributed by atoms with van der Waals surface area (Å²) < 4.78 is 6.56. The van der Waals surface area contributed by atoms with E-state index in [9.17, 15) is 0 Å². The summed E-state index contributed by atoms with van der Waals surface area (Å²) in [4.78, 5) is 2.51. The zero-order chi connectivity index (χ0) is 48.0. The minimum absolute atomic E-state index is 0.261. The van der Waals surface area contributed by atoms with E-state index in [4.69, 9.17) is 4.42 Å². The van der Waals surface area contributed by atoms with E-state index in [2.05, 4.69) is 274 Å². The lowest BCUT2D eigenvalue weighted by molar-refractivity contribution is 0.660. The van der Waals surface area contributed by atoms with Crippen LogP contribution in [0.2, 0.25) is 0 Å². The first kappa shape index (κ1) is 41.9. The topological polar surface area (TPSA) is 16.4 Å². The second-order valence-electron chi connectivity index (χ2n) is 19.9. The van der Waals surface area contributed by atoms with Crippen LogP contribution in [0.3, 0.4) is 0 Å². The number of rotatable bonds is 8. The van der Waals surface area contributed by atoms with Gasteiger partial charge in [-0.15, -0.1) is 0 Å². The summed E-state index contributed by atoms with van der Waals surface area (Å²) in [6.07, 6.45) is 0. The fourth-order valence-electron chi connectivity index (χ4n) is 12.4. The third-order valence-electron chi connectivity index (χ3n) is 15.8. The van der Waals surface area contributed by atoms with Gasteiger partial charge in [-0.2, -0.15) is 0 Å². The maximum Gasteiger partial charge on any atom is 0.143 e. The van der Waals surface area contributed by atoms with Crippen molar-refractivity contribution in [3.8, 4) is 55.6 Å². The summed E-state index contributed by atoms with van der Waals surface area (Å²) in [6, 6.07) is 96.0. The maximum atomic E-state index is 6.56. The van der Waals surface area contributed by atoms with Crippen LogP contribution >= 0.6 is 0 Å². The molecule has 0 atom stereocenters. The van der Waals surface area contributed by atoms with Crippen molar-refractivity contribution in [2.45, 2.75) is 24.7 Å². The van der Waals surface area contributed by atoms with Crippen molar-refractivity contribution < 1.29 is 4.42 Å². The van der Waals surface area contributed by atoms with Crippen LogP contribution in [0.15, 0.2) is 265 Å². The van der Waals surface area contributed by atoms with Crippen LogP contribution in [0.25, 0.3) is 77.6 Å². The number of para-hydroxylation sites is 2. The molecule has 0 saturated carbocycles. The number of fused-ring (bicyclic) bond motifs is 9. The van der Waals surface area contributed by atoms with Crippen molar-refractivity contribution in [3.63, 3.8) is 0 Å². The molecule has 2 heteroatoms. The van der Waals surface area contributed by atoms with E-state index in [-0.39, 0.29) is 5.41 Å². The maximum absolute atomic E-state index is 6.56. The number of benzene rings is 11. The largest absolute Gasteiger partial charge is 0.455 e. The number of hydrogen-bond donors (Lipinski definition) is 0. The van der Waals surface area contributed by atoms with Gasteiger partial charge in [-0.05, 0) is 120 Å². The predicted octanol–water partition coefficient (Wildman–Crippen LogP) is 18.7. The second kappa shape index (κ2) is 16.3. The minimum atomic E-state index is -0.535. The van der Waals surface area contributed by atoms with Crippen LogP contribution in [0, 0.1) is 0 Å². The number of hydrogen-bond acceptors (Lipinski definition) is 2. The first-order chi connectivity index (χ1) is 35.5. The van der Waals surface area contributed by atoms with Crippen molar-refractivity contribution in [3.05, 3.63) is 294 Å². The van der Waals surface area contributed by atoms with Gasteiger partial charge in [-0.1, -0.05) is 232 Å². The Bertz CT molecular complexity index is 4000. The summed E-state index contributed by atoms with van der Waals surface area (Å²) in [5.74, 6) is 0. The molecule has 0 radical (unpaired) electrons. The highest BCUT2D eigenvalue weighted by molar-refractivity contribution is 6.09. The highest BCUT2D eigenvalue weighted by atomic mass is 16.3. The Kier molecular flexibility index (Phi) is 9.50. The highest BCUT2D eigenvalue weighted by Gasteiger charge is 2.47. The lowest BCUT2D eigenvalue weighted by atomic mass is 9.68.